The molecule has 0 saturated heterocycles. The molecule has 2 N–H and O–H groups in total. The van der Waals surface area contributed by atoms with Crippen LogP contribution in [0.3, 0.4) is 0 Å². The molecule has 6 heteroatoms. The topological polar surface area (TPSA) is 95.8 Å². The van der Waals surface area contributed by atoms with Gasteiger partial charge in [-0.1, -0.05) is 30.3 Å². The van der Waals surface area contributed by atoms with Crippen LogP contribution in [0.15, 0.2) is 63.2 Å². The number of carboxylic acids is 1. The number of rotatable bonds is 3. The van der Waals surface area contributed by atoms with Gasteiger partial charge in [0.2, 0.25) is 10.9 Å². The van der Waals surface area contributed by atoms with Gasteiger partial charge in [-0.2, -0.15) is 5.10 Å². The van der Waals surface area contributed by atoms with E-state index in [2.05, 4.69) is 10.5 Å². The lowest BCUT2D eigenvalue weighted by atomic mass is 10.2. The van der Waals surface area contributed by atoms with Crippen LogP contribution in [0.1, 0.15) is 10.4 Å². The second-order valence-electron chi connectivity index (χ2n) is 4.66. The molecule has 0 amide bonds. The van der Waals surface area contributed by atoms with Crippen LogP contribution in [0, 0.1) is 0 Å². The van der Waals surface area contributed by atoms with Gasteiger partial charge in [0.05, 0.1) is 11.3 Å². The van der Waals surface area contributed by atoms with E-state index in [9.17, 15) is 14.4 Å². The highest BCUT2D eigenvalue weighted by molar-refractivity contribution is 5.88. The van der Waals surface area contributed by atoms with Crippen molar-refractivity contribution >= 4 is 22.4 Å². The molecule has 6 nitrogen and oxygen atoms in total. The largest absolute Gasteiger partial charge is 0.478 e. The summed E-state index contributed by atoms with van der Waals surface area (Å²) in [5.41, 5.74) is 2.14. The van der Waals surface area contributed by atoms with Gasteiger partial charge in [0.15, 0.2) is 5.36 Å². The van der Waals surface area contributed by atoms with Gasteiger partial charge in [-0.3, -0.25) is 15.0 Å². The summed E-state index contributed by atoms with van der Waals surface area (Å²) in [6, 6.07) is 12.4. The van der Waals surface area contributed by atoms with Gasteiger partial charge in [-0.15, -0.1) is 0 Å². The fraction of sp³-hybridized carbons (Fsp3) is 0. The van der Waals surface area contributed by atoms with E-state index >= 15 is 0 Å². The van der Waals surface area contributed by atoms with Crippen LogP contribution in [0.2, 0.25) is 0 Å². The molecule has 3 aromatic carbocycles. The van der Waals surface area contributed by atoms with E-state index in [-0.39, 0.29) is 10.9 Å². The molecule has 108 valence electrons. The quantitative estimate of drug-likeness (QED) is 0.704. The van der Waals surface area contributed by atoms with E-state index in [0.29, 0.717) is 16.5 Å². The Labute approximate surface area is 123 Å². The van der Waals surface area contributed by atoms with E-state index < -0.39 is 16.8 Å². The maximum Gasteiger partial charge on any atom is 0.335 e. The maximum atomic E-state index is 12.1. The zero-order chi connectivity index (χ0) is 15.7. The van der Waals surface area contributed by atoms with Crippen LogP contribution < -0.4 is 21.6 Å². The van der Waals surface area contributed by atoms with Crippen LogP contribution in [-0.2, 0) is 0 Å². The van der Waals surface area contributed by atoms with Crippen molar-refractivity contribution in [2.45, 2.75) is 0 Å². The molecule has 0 atom stereocenters. The summed E-state index contributed by atoms with van der Waals surface area (Å²) < 4.78 is 0. The first-order valence-corrected chi connectivity index (χ1v) is 6.43. The molecule has 0 spiro atoms. The van der Waals surface area contributed by atoms with Crippen LogP contribution in [0.5, 0.6) is 0 Å². The van der Waals surface area contributed by atoms with Gasteiger partial charge in [-0.05, 0) is 18.2 Å². The van der Waals surface area contributed by atoms with Crippen molar-refractivity contribution in [3.05, 3.63) is 79.9 Å². The molecule has 0 bridgehead atoms. The molecule has 0 heterocycles. The molecule has 0 aliphatic rings. The summed E-state index contributed by atoms with van der Waals surface area (Å²) in [5, 5.41) is 13.2. The molecular weight excluding hydrogens is 284 g/mol. The van der Waals surface area contributed by atoms with E-state index in [4.69, 9.17) is 5.11 Å². The van der Waals surface area contributed by atoms with Crippen molar-refractivity contribution in [2.75, 3.05) is 5.43 Å². The summed E-state index contributed by atoms with van der Waals surface area (Å²) in [6.07, 6.45) is 0. The number of hydrogen-bond acceptors (Lipinski definition) is 5. The minimum absolute atomic E-state index is 0.0811. The number of anilines is 1. The maximum absolute atomic E-state index is 12.1. The Balaban J connectivity index is 2.07. The lowest BCUT2D eigenvalue weighted by Crippen LogP contribution is -2.32. The van der Waals surface area contributed by atoms with E-state index in [1.165, 1.54) is 12.1 Å². The number of fused-ring (bicyclic) bond motifs is 1. The van der Waals surface area contributed by atoms with Crippen molar-refractivity contribution in [1.29, 1.82) is 0 Å². The molecule has 0 radical (unpaired) electrons. The number of aromatic carboxylic acids is 1. The molecule has 0 fully saturated rings. The summed E-state index contributed by atoms with van der Waals surface area (Å²) in [6.45, 7) is 0. The van der Waals surface area contributed by atoms with Crippen molar-refractivity contribution in [3.63, 3.8) is 0 Å². The van der Waals surface area contributed by atoms with Gasteiger partial charge < -0.3 is 5.11 Å². The number of hydrogen-bond donors (Lipinski definition) is 2. The first-order valence-electron chi connectivity index (χ1n) is 6.43. The molecule has 3 aromatic rings. The van der Waals surface area contributed by atoms with Gasteiger partial charge in [0.1, 0.15) is 0 Å². The zero-order valence-corrected chi connectivity index (χ0v) is 11.2. The smallest absolute Gasteiger partial charge is 0.335 e. The number of carboxylic acid groups (broad SMARTS) is 1. The first-order chi connectivity index (χ1) is 10.6. The highest BCUT2D eigenvalue weighted by Crippen LogP contribution is 2.10. The highest BCUT2D eigenvalue weighted by Gasteiger charge is 2.10. The summed E-state index contributed by atoms with van der Waals surface area (Å²) in [7, 11) is 0. The van der Waals surface area contributed by atoms with Gasteiger partial charge >= 0.3 is 5.97 Å². The van der Waals surface area contributed by atoms with Crippen molar-refractivity contribution in [3.8, 4) is 0 Å². The third-order valence-electron chi connectivity index (χ3n) is 3.25. The predicted molar refractivity (Wildman–Crippen MR) is 81.4 cm³/mol. The van der Waals surface area contributed by atoms with Crippen LogP contribution in [0.25, 0.3) is 10.8 Å². The average molecular weight is 294 g/mol. The Bertz CT molecular complexity index is 980. The standard InChI is InChI=1S/C16H10N2O4/c19-14-11-6-1-2-7-12(11)15(20)13(14)18-17-10-5-3-4-9(8-10)16(21)22/h1-8,17H,(H,21,22). The first kappa shape index (κ1) is 13.7. The molecule has 0 aromatic heterocycles. The fourth-order valence-corrected chi connectivity index (χ4v) is 2.18. The van der Waals surface area contributed by atoms with Gasteiger partial charge in [0.25, 0.3) is 0 Å². The summed E-state index contributed by atoms with van der Waals surface area (Å²) >= 11 is 0. The Kier molecular flexibility index (Phi) is 3.27. The lowest BCUT2D eigenvalue weighted by molar-refractivity contribution is 0.0697. The second-order valence-corrected chi connectivity index (χ2v) is 4.66. The van der Waals surface area contributed by atoms with Gasteiger partial charge in [0, 0.05) is 10.8 Å². The fourth-order valence-electron chi connectivity index (χ4n) is 2.18. The van der Waals surface area contributed by atoms with Crippen LogP contribution in [-0.4, -0.2) is 11.1 Å². The Morgan fingerprint density at radius 1 is 0.955 bits per heavy atom. The molecule has 0 aliphatic carbocycles. The lowest BCUT2D eigenvalue weighted by Gasteiger charge is -2.00. The van der Waals surface area contributed by atoms with E-state index in [1.54, 1.807) is 36.4 Å². The molecular formula is C16H10N2O4. The Morgan fingerprint density at radius 3 is 2.18 bits per heavy atom. The number of nitrogens with zero attached hydrogens (tertiary/aromatic N) is 1. The average Bonchev–Trinajstić information content (AvgIpc) is 2.78. The molecule has 3 rings (SSSR count). The Hall–Kier alpha value is -3.28. The third kappa shape index (κ3) is 2.26. The minimum Gasteiger partial charge on any atom is -0.478 e. The molecule has 0 aliphatic heterocycles. The van der Waals surface area contributed by atoms with E-state index in [0.717, 1.165) is 0 Å². The number of carbonyl (C=O) groups is 1. The summed E-state index contributed by atoms with van der Waals surface area (Å²) in [5.74, 6) is -1.07. The van der Waals surface area contributed by atoms with Gasteiger partial charge in [-0.25, -0.2) is 4.79 Å². The molecule has 0 unspecified atom stereocenters. The third-order valence-corrected chi connectivity index (χ3v) is 3.25. The Morgan fingerprint density at radius 2 is 1.59 bits per heavy atom. The molecule has 0 saturated carbocycles. The summed E-state index contributed by atoms with van der Waals surface area (Å²) in [4.78, 5) is 35.1. The van der Waals surface area contributed by atoms with Crippen molar-refractivity contribution in [1.82, 2.24) is 0 Å². The monoisotopic (exact) mass is 294 g/mol. The van der Waals surface area contributed by atoms with Crippen molar-refractivity contribution in [2.24, 2.45) is 5.10 Å². The number of nitrogens with one attached hydrogen (secondary N) is 1. The molecule has 22 heavy (non-hydrogen) atoms. The zero-order valence-electron chi connectivity index (χ0n) is 11.2. The highest BCUT2D eigenvalue weighted by atomic mass is 16.4. The second kappa shape index (κ2) is 5.25. The van der Waals surface area contributed by atoms with Crippen LogP contribution >= 0.6 is 0 Å². The van der Waals surface area contributed by atoms with Crippen molar-refractivity contribution < 1.29 is 9.90 Å². The number of benzene rings is 2. The SMILES string of the molecule is O=C(O)c1cccc(NN=c2c(=O)c3ccccc3c2=O)c1. The van der Waals surface area contributed by atoms with E-state index in [1.807, 2.05) is 0 Å². The van der Waals surface area contributed by atoms with Crippen LogP contribution in [0.4, 0.5) is 5.69 Å². The predicted octanol–water partition coefficient (Wildman–Crippen LogP) is 1.06. The normalized spacial score (nSPS) is 10.5. The minimum atomic E-state index is -1.07.